The van der Waals surface area contributed by atoms with Crippen LogP contribution in [0.5, 0.6) is 11.5 Å². The van der Waals surface area contributed by atoms with E-state index in [0.717, 1.165) is 5.56 Å². The van der Waals surface area contributed by atoms with Gasteiger partial charge in [0, 0.05) is 17.7 Å². The minimum Gasteiger partial charge on any atom is -0.493 e. The van der Waals surface area contributed by atoms with Crippen LogP contribution in [0, 0.1) is 10.1 Å². The molecule has 0 amide bonds. The first kappa shape index (κ1) is 20.8. The van der Waals surface area contributed by atoms with Gasteiger partial charge in [-0.1, -0.05) is 36.4 Å². The van der Waals surface area contributed by atoms with Gasteiger partial charge in [-0.25, -0.2) is 9.79 Å². The van der Waals surface area contributed by atoms with Gasteiger partial charge in [0.1, 0.15) is 6.61 Å². The molecular formula is C24H18N2O6. The lowest BCUT2D eigenvalue weighted by Gasteiger charge is -2.11. The third-order valence-corrected chi connectivity index (χ3v) is 4.67. The smallest absolute Gasteiger partial charge is 0.363 e. The van der Waals surface area contributed by atoms with E-state index < -0.39 is 10.9 Å². The molecule has 0 unspecified atom stereocenters. The molecule has 8 heteroatoms. The largest absolute Gasteiger partial charge is 0.493 e. The maximum atomic E-state index is 12.2. The van der Waals surface area contributed by atoms with Crippen LogP contribution in [0.1, 0.15) is 16.7 Å². The minimum absolute atomic E-state index is 0.0592. The molecule has 1 aliphatic heterocycles. The predicted molar refractivity (Wildman–Crippen MR) is 117 cm³/mol. The second-order valence-corrected chi connectivity index (χ2v) is 6.82. The first-order chi connectivity index (χ1) is 15.5. The van der Waals surface area contributed by atoms with E-state index in [4.69, 9.17) is 14.2 Å². The Kier molecular flexibility index (Phi) is 5.94. The van der Waals surface area contributed by atoms with Crippen molar-refractivity contribution in [3.05, 3.63) is 105 Å². The number of carbonyl (C=O) groups excluding carboxylic acids is 1. The Balaban J connectivity index is 1.53. The normalized spacial score (nSPS) is 14.1. The number of nitrogens with zero attached hydrogens (tertiary/aromatic N) is 2. The van der Waals surface area contributed by atoms with Crippen LogP contribution in [0.3, 0.4) is 0 Å². The molecule has 0 aromatic heterocycles. The number of esters is 1. The van der Waals surface area contributed by atoms with E-state index in [9.17, 15) is 14.9 Å². The van der Waals surface area contributed by atoms with Crippen LogP contribution < -0.4 is 9.47 Å². The Bertz CT molecular complexity index is 1220. The van der Waals surface area contributed by atoms with Crippen molar-refractivity contribution in [1.29, 1.82) is 0 Å². The van der Waals surface area contributed by atoms with Crippen molar-refractivity contribution in [2.75, 3.05) is 7.11 Å². The fraction of sp³-hybridized carbons (Fsp3) is 0.0833. The van der Waals surface area contributed by atoms with Crippen molar-refractivity contribution >= 4 is 23.6 Å². The highest BCUT2D eigenvalue weighted by molar-refractivity contribution is 6.12. The molecule has 0 bridgehead atoms. The summed E-state index contributed by atoms with van der Waals surface area (Å²) in [5.41, 5.74) is 2.22. The van der Waals surface area contributed by atoms with Crippen molar-refractivity contribution in [2.24, 2.45) is 4.99 Å². The van der Waals surface area contributed by atoms with E-state index in [2.05, 4.69) is 4.99 Å². The van der Waals surface area contributed by atoms with Gasteiger partial charge < -0.3 is 14.2 Å². The van der Waals surface area contributed by atoms with Gasteiger partial charge >= 0.3 is 5.97 Å². The quantitative estimate of drug-likeness (QED) is 0.236. The molecule has 0 fully saturated rings. The van der Waals surface area contributed by atoms with Gasteiger partial charge in [-0.05, 0) is 41.5 Å². The number of nitro benzene ring substituents is 1. The highest BCUT2D eigenvalue weighted by Crippen LogP contribution is 2.30. The zero-order valence-corrected chi connectivity index (χ0v) is 17.1. The van der Waals surface area contributed by atoms with Crippen molar-refractivity contribution in [3.8, 4) is 11.5 Å². The van der Waals surface area contributed by atoms with Crippen LogP contribution >= 0.6 is 0 Å². The van der Waals surface area contributed by atoms with Crippen LogP contribution in [-0.4, -0.2) is 23.9 Å². The van der Waals surface area contributed by atoms with Crippen LogP contribution in [0.25, 0.3) is 6.08 Å². The van der Waals surface area contributed by atoms with Crippen molar-refractivity contribution in [1.82, 2.24) is 0 Å². The number of hydrogen-bond acceptors (Lipinski definition) is 7. The van der Waals surface area contributed by atoms with Crippen LogP contribution in [-0.2, 0) is 16.1 Å². The van der Waals surface area contributed by atoms with Gasteiger partial charge in [-0.15, -0.1) is 0 Å². The van der Waals surface area contributed by atoms with Crippen molar-refractivity contribution < 1.29 is 23.9 Å². The summed E-state index contributed by atoms with van der Waals surface area (Å²) in [4.78, 5) is 26.8. The molecule has 0 saturated carbocycles. The summed E-state index contributed by atoms with van der Waals surface area (Å²) in [5, 5.41) is 10.8. The standard InChI is InChI=1S/C24H18N2O6/c1-30-22-14-17(7-12-21(22)31-15-16-5-3-2-4-6-16)13-20-24(27)32-23(25-20)18-8-10-19(11-9-18)26(28)29/h2-14H,15H2,1H3/b20-13-. The van der Waals surface area contributed by atoms with Crippen molar-refractivity contribution in [2.45, 2.75) is 6.61 Å². The Morgan fingerprint density at radius 3 is 2.47 bits per heavy atom. The number of carbonyl (C=O) groups is 1. The first-order valence-corrected chi connectivity index (χ1v) is 9.65. The third-order valence-electron chi connectivity index (χ3n) is 4.67. The molecule has 32 heavy (non-hydrogen) atoms. The molecule has 0 radical (unpaired) electrons. The molecule has 4 rings (SSSR count). The fourth-order valence-corrected chi connectivity index (χ4v) is 3.04. The maximum Gasteiger partial charge on any atom is 0.363 e. The van der Waals surface area contributed by atoms with Gasteiger partial charge in [0.2, 0.25) is 5.90 Å². The van der Waals surface area contributed by atoms with Gasteiger partial charge in [-0.2, -0.15) is 0 Å². The maximum absolute atomic E-state index is 12.2. The summed E-state index contributed by atoms with van der Waals surface area (Å²) < 4.78 is 16.5. The molecule has 0 N–H and O–H groups in total. The summed E-state index contributed by atoms with van der Waals surface area (Å²) in [6.45, 7) is 0.396. The molecule has 0 atom stereocenters. The fourth-order valence-electron chi connectivity index (χ4n) is 3.04. The molecule has 3 aromatic carbocycles. The summed E-state index contributed by atoms with van der Waals surface area (Å²) in [6, 6.07) is 20.7. The second kappa shape index (κ2) is 9.13. The minimum atomic E-state index is -0.610. The predicted octanol–water partition coefficient (Wildman–Crippen LogP) is 4.53. The summed E-state index contributed by atoms with van der Waals surface area (Å²) in [5.74, 6) is 0.566. The van der Waals surface area contributed by atoms with E-state index in [1.54, 1.807) is 24.3 Å². The Labute approximate surface area is 183 Å². The average Bonchev–Trinajstić information content (AvgIpc) is 3.18. The van der Waals surface area contributed by atoms with Gasteiger partial charge in [-0.3, -0.25) is 10.1 Å². The molecule has 160 valence electrons. The number of nitro groups is 1. The number of non-ortho nitro benzene ring substituents is 1. The number of benzene rings is 3. The molecule has 1 aliphatic rings. The number of hydrogen-bond donors (Lipinski definition) is 0. The number of ether oxygens (including phenoxy) is 3. The zero-order chi connectivity index (χ0) is 22.5. The zero-order valence-electron chi connectivity index (χ0n) is 17.1. The second-order valence-electron chi connectivity index (χ2n) is 6.82. The highest BCUT2D eigenvalue weighted by atomic mass is 16.6. The van der Waals surface area contributed by atoms with Gasteiger partial charge in [0.25, 0.3) is 5.69 Å². The Morgan fingerprint density at radius 1 is 1.03 bits per heavy atom. The molecule has 0 saturated heterocycles. The van der Waals surface area contributed by atoms with Crippen LogP contribution in [0.15, 0.2) is 83.5 Å². The van der Waals surface area contributed by atoms with E-state index in [0.29, 0.717) is 29.2 Å². The van der Waals surface area contributed by atoms with Crippen molar-refractivity contribution in [3.63, 3.8) is 0 Å². The average molecular weight is 430 g/mol. The van der Waals surface area contributed by atoms with E-state index in [-0.39, 0.29) is 17.3 Å². The number of aliphatic imine (C=N–C) groups is 1. The van der Waals surface area contributed by atoms with Gasteiger partial charge in [0.05, 0.1) is 12.0 Å². The number of rotatable bonds is 7. The third kappa shape index (κ3) is 4.65. The Hall–Kier alpha value is -4.46. The molecule has 8 nitrogen and oxygen atoms in total. The molecule has 0 aliphatic carbocycles. The highest BCUT2D eigenvalue weighted by Gasteiger charge is 2.24. The van der Waals surface area contributed by atoms with Crippen LogP contribution in [0.2, 0.25) is 0 Å². The first-order valence-electron chi connectivity index (χ1n) is 9.65. The topological polar surface area (TPSA) is 100 Å². The van der Waals surface area contributed by atoms with E-state index in [1.807, 2.05) is 30.3 Å². The summed E-state index contributed by atoms with van der Waals surface area (Å²) >= 11 is 0. The van der Waals surface area contributed by atoms with E-state index >= 15 is 0 Å². The molecular weight excluding hydrogens is 412 g/mol. The molecule has 1 heterocycles. The van der Waals surface area contributed by atoms with Gasteiger partial charge in [0.15, 0.2) is 17.2 Å². The van der Waals surface area contributed by atoms with E-state index in [1.165, 1.54) is 31.4 Å². The number of cyclic esters (lactones) is 1. The Morgan fingerprint density at radius 2 is 1.78 bits per heavy atom. The summed E-state index contributed by atoms with van der Waals surface area (Å²) in [7, 11) is 1.54. The molecule has 3 aromatic rings. The monoisotopic (exact) mass is 430 g/mol. The lowest BCUT2D eigenvalue weighted by molar-refractivity contribution is -0.384. The van der Waals surface area contributed by atoms with Crippen LogP contribution in [0.4, 0.5) is 5.69 Å². The number of methoxy groups -OCH3 is 1. The SMILES string of the molecule is COc1cc(/C=C2\N=C(c3ccc([N+](=O)[O-])cc3)OC2=O)ccc1OCc1ccccc1. The lowest BCUT2D eigenvalue weighted by Crippen LogP contribution is -2.05. The summed E-state index contributed by atoms with van der Waals surface area (Å²) in [6.07, 6.45) is 1.57. The lowest BCUT2D eigenvalue weighted by atomic mass is 10.1. The molecule has 0 spiro atoms.